The summed E-state index contributed by atoms with van der Waals surface area (Å²) in [6, 6.07) is 58.6. The van der Waals surface area contributed by atoms with Crippen LogP contribution in [0.25, 0.3) is 75.3 Å². The van der Waals surface area contributed by atoms with Crippen LogP contribution in [-0.2, 0) is 0 Å². The van der Waals surface area contributed by atoms with Gasteiger partial charge in [0.25, 0.3) is 0 Å². The predicted octanol–water partition coefficient (Wildman–Crippen LogP) is 13.3. The molecule has 0 spiro atoms. The smallest absolute Gasteiger partial charge is 0.153 e. The first kappa shape index (κ1) is 27.8. The Bertz CT molecular complexity index is 2810. The van der Waals surface area contributed by atoms with Crippen LogP contribution in [0.4, 0.5) is 17.1 Å². The van der Waals surface area contributed by atoms with Crippen LogP contribution in [-0.4, -0.2) is 4.98 Å². The van der Waals surface area contributed by atoms with Crippen LogP contribution in [0.2, 0.25) is 0 Å². The van der Waals surface area contributed by atoms with Gasteiger partial charge in [-0.05, 0) is 88.3 Å². The highest BCUT2D eigenvalue weighted by atomic mass is 32.1. The number of hydrogen-bond donors (Lipinski definition) is 0. The quantitative estimate of drug-likeness (QED) is 0.187. The van der Waals surface area contributed by atoms with Crippen LogP contribution in [0.15, 0.2) is 174 Å². The maximum atomic E-state index is 6.33. The largest absolute Gasteiger partial charge is 0.454 e. The number of fused-ring (bicyclic) bond motifs is 8. The lowest BCUT2D eigenvalue weighted by molar-refractivity contribution is 0.672. The molecule has 7 aromatic carbocycles. The number of pyridine rings is 1. The summed E-state index contributed by atoms with van der Waals surface area (Å²) < 4.78 is 8.90. The van der Waals surface area contributed by atoms with E-state index in [0.717, 1.165) is 55.3 Å². The third-order valence-electron chi connectivity index (χ3n) is 9.53. The predicted molar refractivity (Wildman–Crippen MR) is 207 cm³/mol. The molecule has 0 aliphatic heterocycles. The number of aromatic nitrogens is 1. The van der Waals surface area contributed by atoms with Crippen molar-refractivity contribution in [2.24, 2.45) is 0 Å². The molecule has 0 amide bonds. The summed E-state index contributed by atoms with van der Waals surface area (Å²) in [5.41, 5.74) is 10.7. The van der Waals surface area contributed by atoms with Gasteiger partial charge >= 0.3 is 0 Å². The number of rotatable bonds is 5. The third kappa shape index (κ3) is 4.61. The van der Waals surface area contributed by atoms with Gasteiger partial charge in [-0.1, -0.05) is 103 Å². The minimum atomic E-state index is 0.810. The highest BCUT2D eigenvalue weighted by Crippen LogP contribution is 2.45. The molecular weight excluding hydrogens is 617 g/mol. The summed E-state index contributed by atoms with van der Waals surface area (Å²) in [5.74, 6) is 0. The molecule has 0 aliphatic rings. The van der Waals surface area contributed by atoms with Gasteiger partial charge in [0.05, 0.1) is 10.4 Å². The first-order valence-corrected chi connectivity index (χ1v) is 17.3. The first-order valence-electron chi connectivity index (χ1n) is 16.4. The molecule has 0 fully saturated rings. The zero-order valence-corrected chi connectivity index (χ0v) is 27.2. The summed E-state index contributed by atoms with van der Waals surface area (Å²) in [4.78, 5) is 6.98. The van der Waals surface area contributed by atoms with Crippen molar-refractivity contribution in [3.63, 3.8) is 0 Å². The van der Waals surface area contributed by atoms with Gasteiger partial charge < -0.3 is 9.32 Å². The Morgan fingerprint density at radius 3 is 1.98 bits per heavy atom. The first-order chi connectivity index (χ1) is 24.3. The topological polar surface area (TPSA) is 29.3 Å². The maximum absolute atomic E-state index is 6.33. The van der Waals surface area contributed by atoms with Gasteiger partial charge in [-0.15, -0.1) is 11.3 Å². The molecule has 0 saturated heterocycles. The molecule has 0 atom stereocenters. The lowest BCUT2D eigenvalue weighted by atomic mass is 9.99. The van der Waals surface area contributed by atoms with Crippen LogP contribution in [0, 0.1) is 0 Å². The monoisotopic (exact) mass is 644 g/mol. The average Bonchev–Trinajstić information content (AvgIpc) is 3.75. The van der Waals surface area contributed by atoms with E-state index in [1.807, 2.05) is 29.7 Å². The summed E-state index contributed by atoms with van der Waals surface area (Å²) in [5, 5.41) is 5.86. The molecule has 3 aromatic heterocycles. The van der Waals surface area contributed by atoms with Crippen molar-refractivity contribution in [2.45, 2.75) is 0 Å². The Morgan fingerprint density at radius 2 is 1.16 bits per heavy atom. The van der Waals surface area contributed by atoms with Crippen molar-refractivity contribution in [3.8, 4) is 22.3 Å². The summed E-state index contributed by atoms with van der Waals surface area (Å²) in [6.07, 6.45) is 1.82. The molecule has 3 heterocycles. The van der Waals surface area contributed by atoms with Crippen molar-refractivity contribution < 1.29 is 4.42 Å². The second-order valence-corrected chi connectivity index (χ2v) is 13.4. The van der Waals surface area contributed by atoms with Crippen molar-refractivity contribution in [3.05, 3.63) is 170 Å². The normalized spacial score (nSPS) is 11.7. The Hall–Kier alpha value is -6.23. The van der Waals surface area contributed by atoms with E-state index in [1.165, 1.54) is 37.0 Å². The lowest BCUT2D eigenvalue weighted by Gasteiger charge is -2.26. The zero-order chi connectivity index (χ0) is 32.3. The van der Waals surface area contributed by atoms with Crippen LogP contribution in [0.3, 0.4) is 0 Å². The minimum Gasteiger partial charge on any atom is -0.454 e. The molecule has 3 nitrogen and oxygen atoms in total. The molecule has 0 unspecified atom stereocenters. The van der Waals surface area contributed by atoms with Crippen LogP contribution in [0.5, 0.6) is 0 Å². The zero-order valence-electron chi connectivity index (χ0n) is 26.4. The van der Waals surface area contributed by atoms with Crippen molar-refractivity contribution >= 4 is 81.4 Å². The molecule has 49 heavy (non-hydrogen) atoms. The van der Waals surface area contributed by atoms with Crippen LogP contribution < -0.4 is 4.90 Å². The molecule has 0 aliphatic carbocycles. The molecule has 10 rings (SSSR count). The van der Waals surface area contributed by atoms with Gasteiger partial charge in [-0.25, -0.2) is 0 Å². The summed E-state index contributed by atoms with van der Waals surface area (Å²) in [7, 11) is 0. The van der Waals surface area contributed by atoms with Crippen molar-refractivity contribution in [1.82, 2.24) is 4.98 Å². The number of furan rings is 1. The summed E-state index contributed by atoms with van der Waals surface area (Å²) >= 11 is 1.85. The molecule has 0 bridgehead atoms. The van der Waals surface area contributed by atoms with Gasteiger partial charge in [0.15, 0.2) is 5.58 Å². The van der Waals surface area contributed by atoms with Gasteiger partial charge in [-0.3, -0.25) is 4.98 Å². The van der Waals surface area contributed by atoms with E-state index in [-0.39, 0.29) is 0 Å². The molecule has 10 aromatic rings. The van der Waals surface area contributed by atoms with Crippen LogP contribution in [0.1, 0.15) is 0 Å². The number of hydrogen-bond acceptors (Lipinski definition) is 4. The molecule has 0 saturated carbocycles. The Balaban J connectivity index is 1.10. The number of thiophene rings is 1. The van der Waals surface area contributed by atoms with E-state index in [2.05, 4.69) is 162 Å². The van der Waals surface area contributed by atoms with E-state index in [1.54, 1.807) is 0 Å². The Kier molecular flexibility index (Phi) is 6.36. The second-order valence-electron chi connectivity index (χ2n) is 12.4. The average molecular weight is 645 g/mol. The fraction of sp³-hybridized carbons (Fsp3) is 0. The fourth-order valence-corrected chi connectivity index (χ4v) is 8.33. The lowest BCUT2D eigenvalue weighted by Crippen LogP contribution is -2.10. The number of benzene rings is 7. The fourth-order valence-electron chi connectivity index (χ4n) is 7.13. The second kappa shape index (κ2) is 11.2. The molecule has 0 radical (unpaired) electrons. The highest BCUT2D eigenvalue weighted by Gasteiger charge is 2.19. The molecular formula is C45H28N2OS. The van der Waals surface area contributed by atoms with E-state index < -0.39 is 0 Å². The van der Waals surface area contributed by atoms with E-state index >= 15 is 0 Å². The SMILES string of the molecule is c1ccc(-c2ccc(N(c3ccc(-c4ccc5ccc6c7ncccc7oc6c5c4)cc3)c3cccc4c3sc3ccccc34)cc2)cc1. The number of nitrogens with zero attached hydrogens (tertiary/aromatic N) is 2. The Morgan fingerprint density at radius 1 is 0.490 bits per heavy atom. The maximum Gasteiger partial charge on any atom is 0.153 e. The third-order valence-corrected chi connectivity index (χ3v) is 10.7. The van der Waals surface area contributed by atoms with Crippen LogP contribution >= 0.6 is 11.3 Å². The van der Waals surface area contributed by atoms with Gasteiger partial charge in [0.2, 0.25) is 0 Å². The summed E-state index contributed by atoms with van der Waals surface area (Å²) in [6.45, 7) is 0. The van der Waals surface area contributed by atoms with Crippen molar-refractivity contribution in [2.75, 3.05) is 4.90 Å². The molecule has 4 heteroatoms. The number of anilines is 3. The minimum absolute atomic E-state index is 0.810. The van der Waals surface area contributed by atoms with E-state index in [9.17, 15) is 0 Å². The van der Waals surface area contributed by atoms with Gasteiger partial charge in [-0.2, -0.15) is 0 Å². The Labute approximate surface area is 286 Å². The molecule has 230 valence electrons. The van der Waals surface area contributed by atoms with Crippen molar-refractivity contribution in [1.29, 1.82) is 0 Å². The standard InChI is InChI=1S/C45H28N2OS/c1-2-8-29(9-3-1)30-17-22-34(23-18-30)47(40-12-6-11-37-36-10-4-5-14-42(36)49-45(37)40)35-24-19-31(20-25-35)33-16-15-32-21-26-38-43-41(13-7-27-46-43)48-44(38)39(32)28-33/h1-28H. The highest BCUT2D eigenvalue weighted by molar-refractivity contribution is 7.26. The van der Waals surface area contributed by atoms with Gasteiger partial charge in [0.1, 0.15) is 11.1 Å². The van der Waals surface area contributed by atoms with E-state index in [0.29, 0.717) is 0 Å². The van der Waals surface area contributed by atoms with Gasteiger partial charge in [0, 0.05) is 43.8 Å². The van der Waals surface area contributed by atoms with E-state index in [4.69, 9.17) is 4.42 Å². The molecule has 0 N–H and O–H groups in total.